The lowest BCUT2D eigenvalue weighted by Crippen LogP contribution is -2.57. The fourth-order valence-corrected chi connectivity index (χ4v) is 4.44. The van der Waals surface area contributed by atoms with Crippen LogP contribution in [0.5, 0.6) is 0 Å². The van der Waals surface area contributed by atoms with E-state index >= 15 is 0 Å². The summed E-state index contributed by atoms with van der Waals surface area (Å²) in [6.07, 6.45) is 4.26. The third-order valence-electron chi connectivity index (χ3n) is 5.88. The van der Waals surface area contributed by atoms with Gasteiger partial charge in [0.25, 0.3) is 5.91 Å². The number of nitrogens with zero attached hydrogens (tertiary/aromatic N) is 2. The van der Waals surface area contributed by atoms with Gasteiger partial charge in [0.1, 0.15) is 12.6 Å². The molecule has 2 aliphatic rings. The van der Waals surface area contributed by atoms with Gasteiger partial charge < -0.3 is 9.80 Å². The third kappa shape index (κ3) is 3.79. The van der Waals surface area contributed by atoms with Crippen molar-refractivity contribution in [3.8, 4) is 0 Å². The Morgan fingerprint density at radius 1 is 0.964 bits per heavy atom. The quantitative estimate of drug-likeness (QED) is 0.763. The Kier molecular flexibility index (Phi) is 5.40. The Morgan fingerprint density at radius 3 is 2.25 bits per heavy atom. The van der Waals surface area contributed by atoms with Gasteiger partial charge in [-0.25, -0.2) is 0 Å². The van der Waals surface area contributed by atoms with Gasteiger partial charge in [-0.3, -0.25) is 9.59 Å². The van der Waals surface area contributed by atoms with E-state index in [1.54, 1.807) is 4.90 Å². The van der Waals surface area contributed by atoms with Crippen LogP contribution in [-0.4, -0.2) is 34.2 Å². The fraction of sp³-hybridized carbons (Fsp3) is 0.391. The highest BCUT2D eigenvalue weighted by molar-refractivity contribution is 6.30. The van der Waals surface area contributed by atoms with Crippen LogP contribution in [0.2, 0.25) is 5.02 Å². The standard InChI is InChI=1S/C23H25ClN2O2/c1-16-6-10-18(11-7-16)22-23(28)25(20-4-2-3-5-20)15-21(27)26(22)14-17-8-12-19(24)13-9-17/h6-13,20,22H,2-5,14-15H2,1H3. The molecule has 2 aromatic carbocycles. The average Bonchev–Trinajstić information content (AvgIpc) is 3.22. The minimum Gasteiger partial charge on any atom is -0.328 e. The Hall–Kier alpha value is -2.33. The second kappa shape index (κ2) is 7.96. The molecule has 1 heterocycles. The van der Waals surface area contributed by atoms with Crippen molar-refractivity contribution in [3.05, 3.63) is 70.2 Å². The van der Waals surface area contributed by atoms with E-state index < -0.39 is 6.04 Å². The van der Waals surface area contributed by atoms with Gasteiger partial charge >= 0.3 is 0 Å². The summed E-state index contributed by atoms with van der Waals surface area (Å²) in [6.45, 7) is 2.60. The minimum atomic E-state index is -0.571. The number of hydrogen-bond acceptors (Lipinski definition) is 2. The fourth-order valence-electron chi connectivity index (χ4n) is 4.31. The average molecular weight is 397 g/mol. The SMILES string of the molecule is Cc1ccc(C2C(=O)N(C3CCCC3)CC(=O)N2Cc2ccc(Cl)cc2)cc1. The highest BCUT2D eigenvalue weighted by Gasteiger charge is 2.43. The summed E-state index contributed by atoms with van der Waals surface area (Å²) in [4.78, 5) is 30.2. The van der Waals surface area contributed by atoms with E-state index in [2.05, 4.69) is 0 Å². The summed E-state index contributed by atoms with van der Waals surface area (Å²) in [7, 11) is 0. The van der Waals surface area contributed by atoms with Crippen molar-refractivity contribution in [2.75, 3.05) is 6.54 Å². The molecule has 1 unspecified atom stereocenters. The first-order valence-electron chi connectivity index (χ1n) is 9.94. The number of benzene rings is 2. The minimum absolute atomic E-state index is 0.00650. The predicted octanol–water partition coefficient (Wildman–Crippen LogP) is 4.50. The Labute approximate surface area is 171 Å². The highest BCUT2D eigenvalue weighted by atomic mass is 35.5. The summed E-state index contributed by atoms with van der Waals surface area (Å²) in [5.41, 5.74) is 2.98. The maximum absolute atomic E-state index is 13.5. The van der Waals surface area contributed by atoms with Gasteiger partial charge in [-0.2, -0.15) is 0 Å². The van der Waals surface area contributed by atoms with E-state index in [9.17, 15) is 9.59 Å². The van der Waals surface area contributed by atoms with Crippen molar-refractivity contribution in [1.82, 2.24) is 9.80 Å². The van der Waals surface area contributed by atoms with E-state index in [0.717, 1.165) is 42.4 Å². The first kappa shape index (κ1) is 19.0. The van der Waals surface area contributed by atoms with E-state index in [0.29, 0.717) is 11.6 Å². The van der Waals surface area contributed by atoms with Crippen LogP contribution in [0.3, 0.4) is 0 Å². The first-order chi connectivity index (χ1) is 13.5. The number of hydrogen-bond donors (Lipinski definition) is 0. The molecule has 2 amide bonds. The topological polar surface area (TPSA) is 40.6 Å². The third-order valence-corrected chi connectivity index (χ3v) is 6.13. The van der Waals surface area contributed by atoms with Gasteiger partial charge in [-0.1, -0.05) is 66.4 Å². The van der Waals surface area contributed by atoms with E-state index in [1.807, 2.05) is 60.4 Å². The van der Waals surface area contributed by atoms with E-state index in [1.165, 1.54) is 0 Å². The number of rotatable bonds is 4. The number of amides is 2. The van der Waals surface area contributed by atoms with Crippen LogP contribution in [0.25, 0.3) is 0 Å². The van der Waals surface area contributed by atoms with Crippen LogP contribution in [0.15, 0.2) is 48.5 Å². The lowest BCUT2D eigenvalue weighted by molar-refractivity contribution is -0.159. The van der Waals surface area contributed by atoms with Gasteiger partial charge in [0.15, 0.2) is 0 Å². The van der Waals surface area contributed by atoms with Crippen molar-refractivity contribution in [2.45, 2.75) is 51.2 Å². The molecule has 28 heavy (non-hydrogen) atoms. The molecule has 2 aromatic rings. The summed E-state index contributed by atoms with van der Waals surface area (Å²) >= 11 is 6.00. The van der Waals surface area contributed by atoms with E-state index in [4.69, 9.17) is 11.6 Å². The molecule has 0 aromatic heterocycles. The highest BCUT2D eigenvalue weighted by Crippen LogP contribution is 2.34. The molecule has 1 saturated heterocycles. The maximum Gasteiger partial charge on any atom is 0.250 e. The number of carbonyl (C=O) groups excluding carboxylic acids is 2. The van der Waals surface area contributed by atoms with Gasteiger partial charge in [-0.05, 0) is 43.0 Å². The molecule has 1 saturated carbocycles. The molecule has 0 bridgehead atoms. The molecule has 146 valence electrons. The molecule has 1 aliphatic carbocycles. The van der Waals surface area contributed by atoms with Crippen LogP contribution in [-0.2, 0) is 16.1 Å². The number of carbonyl (C=O) groups is 2. The Balaban J connectivity index is 1.68. The van der Waals surface area contributed by atoms with Crippen molar-refractivity contribution >= 4 is 23.4 Å². The molecule has 4 nitrogen and oxygen atoms in total. The molecule has 1 aliphatic heterocycles. The molecule has 5 heteroatoms. The zero-order valence-corrected chi connectivity index (χ0v) is 16.9. The molecule has 4 rings (SSSR count). The molecule has 0 radical (unpaired) electrons. The van der Waals surface area contributed by atoms with Gasteiger partial charge in [-0.15, -0.1) is 0 Å². The molecule has 2 fully saturated rings. The zero-order chi connectivity index (χ0) is 19.7. The Morgan fingerprint density at radius 2 is 1.61 bits per heavy atom. The lowest BCUT2D eigenvalue weighted by atomic mass is 9.97. The van der Waals surface area contributed by atoms with Crippen molar-refractivity contribution < 1.29 is 9.59 Å². The number of halogens is 1. The van der Waals surface area contributed by atoms with Crippen molar-refractivity contribution in [1.29, 1.82) is 0 Å². The van der Waals surface area contributed by atoms with Crippen molar-refractivity contribution in [2.24, 2.45) is 0 Å². The second-order valence-corrected chi connectivity index (χ2v) is 8.30. The maximum atomic E-state index is 13.5. The van der Waals surface area contributed by atoms with Crippen LogP contribution in [0.1, 0.15) is 48.4 Å². The molecule has 1 atom stereocenters. The van der Waals surface area contributed by atoms with Gasteiger partial charge in [0.05, 0.1) is 0 Å². The summed E-state index contributed by atoms with van der Waals surface area (Å²) < 4.78 is 0. The van der Waals surface area contributed by atoms with E-state index in [-0.39, 0.29) is 24.4 Å². The smallest absolute Gasteiger partial charge is 0.250 e. The number of piperazine rings is 1. The summed E-state index contributed by atoms with van der Waals surface area (Å²) in [5.74, 6) is 0.0522. The largest absolute Gasteiger partial charge is 0.328 e. The molecule has 0 N–H and O–H groups in total. The van der Waals surface area contributed by atoms with Crippen LogP contribution < -0.4 is 0 Å². The van der Waals surface area contributed by atoms with Gasteiger partial charge in [0, 0.05) is 17.6 Å². The molecular formula is C23H25ClN2O2. The molecule has 0 spiro atoms. The predicted molar refractivity (Wildman–Crippen MR) is 110 cm³/mol. The van der Waals surface area contributed by atoms with Crippen LogP contribution >= 0.6 is 11.6 Å². The summed E-state index contributed by atoms with van der Waals surface area (Å²) in [6, 6.07) is 15.0. The Bertz CT molecular complexity index is 857. The lowest BCUT2D eigenvalue weighted by Gasteiger charge is -2.43. The van der Waals surface area contributed by atoms with Crippen LogP contribution in [0.4, 0.5) is 0 Å². The second-order valence-electron chi connectivity index (χ2n) is 7.87. The monoisotopic (exact) mass is 396 g/mol. The summed E-state index contributed by atoms with van der Waals surface area (Å²) in [5, 5.41) is 0.660. The van der Waals surface area contributed by atoms with Gasteiger partial charge in [0.2, 0.25) is 5.91 Å². The first-order valence-corrected chi connectivity index (χ1v) is 10.3. The van der Waals surface area contributed by atoms with Crippen molar-refractivity contribution in [3.63, 3.8) is 0 Å². The molecular weight excluding hydrogens is 372 g/mol. The zero-order valence-electron chi connectivity index (χ0n) is 16.1. The number of aryl methyl sites for hydroxylation is 1. The van der Waals surface area contributed by atoms with Crippen LogP contribution in [0, 0.1) is 6.92 Å². The normalized spacial score (nSPS) is 20.9.